The first-order valence-electron chi connectivity index (χ1n) is 9.00. The molecule has 20 heavy (non-hydrogen) atoms. The third-order valence-corrected chi connectivity index (χ3v) is 4.05. The maximum atomic E-state index is 13.3. The van der Waals surface area contributed by atoms with Crippen molar-refractivity contribution in [2.24, 2.45) is 0 Å². The quantitative estimate of drug-likeness (QED) is 0.274. The lowest BCUT2D eigenvalue weighted by atomic mass is 10.1. The average Bonchev–Trinajstić information content (AvgIpc) is 2.42. The Labute approximate surface area is 127 Å². The van der Waals surface area contributed by atoms with E-state index in [-0.39, 0.29) is 19.9 Å². The molecule has 0 rings (SSSR count). The van der Waals surface area contributed by atoms with Crippen LogP contribution in [0, 0.1) is 0 Å². The maximum Gasteiger partial charge on any atom is 0.513 e. The summed E-state index contributed by atoms with van der Waals surface area (Å²) in [6.45, 7) is 3.58. The zero-order chi connectivity index (χ0) is 16.8. The fourth-order valence-electron chi connectivity index (χ4n) is 1.91. The van der Waals surface area contributed by atoms with Gasteiger partial charge in [0.25, 0.3) is 0 Å². The van der Waals surface area contributed by atoms with E-state index in [9.17, 15) is 8.76 Å². The third kappa shape index (κ3) is 14.5. The molecule has 0 fully saturated rings. The van der Waals surface area contributed by atoms with Gasteiger partial charge in [-0.3, -0.25) is 9.05 Å². The first-order valence-corrected chi connectivity index (χ1v) is 9.15. The summed E-state index contributed by atoms with van der Waals surface area (Å²) in [6.07, 6.45) is 8.53. The first kappa shape index (κ1) is 16.5. The molecule has 2 atom stereocenters. The zero-order valence-electron chi connectivity index (χ0n) is 15.0. The molecule has 0 bridgehead atoms. The van der Waals surface area contributed by atoms with Crippen molar-refractivity contribution in [3.8, 4) is 0 Å². The van der Waals surface area contributed by atoms with Crippen molar-refractivity contribution >= 4 is 7.91 Å². The van der Waals surface area contributed by atoms with Crippen LogP contribution in [0.1, 0.15) is 87.7 Å². The summed E-state index contributed by atoms with van der Waals surface area (Å²) in [6, 6.07) is 0. The molecule has 0 heterocycles. The molecular weight excluding hydrogens is 278 g/mol. The van der Waals surface area contributed by atoms with Crippen LogP contribution in [-0.2, 0) is 13.6 Å². The van der Waals surface area contributed by atoms with Gasteiger partial charge in [-0.15, -0.1) is 4.20 Å². The first-order chi connectivity index (χ1) is 10.4. The second kappa shape index (κ2) is 12.8. The molecule has 0 spiro atoms. The van der Waals surface area contributed by atoms with Crippen LogP contribution in [0.3, 0.4) is 0 Å². The van der Waals surface area contributed by atoms with Crippen molar-refractivity contribution < 1.29 is 20.6 Å². The summed E-state index contributed by atoms with van der Waals surface area (Å²) in [7, 11) is -4.36. The lowest BCUT2D eigenvalue weighted by molar-refractivity contribution is 0.140. The highest BCUT2D eigenvalue weighted by Crippen LogP contribution is 2.50. The molecule has 0 saturated carbocycles. The van der Waals surface area contributed by atoms with Gasteiger partial charge >= 0.3 is 7.91 Å². The van der Waals surface area contributed by atoms with Crippen molar-refractivity contribution in [3.05, 3.63) is 0 Å². The fraction of sp³-hybridized carbons (Fsp3) is 1.00. The van der Waals surface area contributed by atoms with Gasteiger partial charge in [0.2, 0.25) is 0 Å². The van der Waals surface area contributed by atoms with Crippen LogP contribution in [0.5, 0.6) is 0 Å². The van der Waals surface area contributed by atoms with Crippen LogP contribution in [0.25, 0.3) is 0 Å². The van der Waals surface area contributed by atoms with Crippen molar-refractivity contribution in [2.45, 2.75) is 91.0 Å². The Kier molecular flexibility index (Phi) is 10.5. The number of hydrogen-bond acceptors (Lipinski definition) is 3. The van der Waals surface area contributed by atoms with Gasteiger partial charge in [0.05, 0.1) is 12.7 Å². The largest absolute Gasteiger partial charge is 0.513 e. The highest BCUT2D eigenvalue weighted by molar-refractivity contribution is 7.48. The fourth-order valence-corrected chi connectivity index (χ4v) is 2.82. The highest BCUT2D eigenvalue weighted by atomic mass is 31.2. The van der Waals surface area contributed by atoms with E-state index in [1.165, 1.54) is 12.8 Å². The summed E-state index contributed by atoms with van der Waals surface area (Å²) in [5.41, 5.74) is 0. The maximum absolute atomic E-state index is 13.3. The molecule has 2 unspecified atom stereocenters. The summed E-state index contributed by atoms with van der Waals surface area (Å²) in [4.78, 5) is 0. The molecular formula is C15H32FO3P. The Bertz CT molecular complexity index is 307. The molecule has 5 heteroatoms. The van der Waals surface area contributed by atoms with Crippen molar-refractivity contribution in [2.75, 3.05) is 6.61 Å². The minimum absolute atomic E-state index is 0.137. The van der Waals surface area contributed by atoms with E-state index in [2.05, 4.69) is 9.05 Å². The Morgan fingerprint density at radius 2 is 1.55 bits per heavy atom. The van der Waals surface area contributed by atoms with E-state index >= 15 is 0 Å². The minimum atomic E-state index is -4.36. The van der Waals surface area contributed by atoms with Gasteiger partial charge in [-0.25, -0.2) is 4.57 Å². The SMILES string of the molecule is [3H]CC([3H])CCCCCCCCCCOP(=O)(F)OC(C)C. The predicted molar refractivity (Wildman–Crippen MR) is 82.7 cm³/mol. The average molecular weight is 314 g/mol. The summed E-state index contributed by atoms with van der Waals surface area (Å²) in [5.74, 6) is 0. The van der Waals surface area contributed by atoms with Gasteiger partial charge < -0.3 is 0 Å². The predicted octanol–water partition coefficient (Wildman–Crippen LogP) is 6.43. The van der Waals surface area contributed by atoms with E-state index in [0.717, 1.165) is 38.5 Å². The summed E-state index contributed by atoms with van der Waals surface area (Å²) in [5, 5.41) is 0. The zero-order valence-corrected chi connectivity index (χ0v) is 13.9. The number of rotatable bonds is 14. The Balaban J connectivity index is 3.29. The number of unbranched alkanes of at least 4 members (excludes halogenated alkanes) is 7. The van der Waals surface area contributed by atoms with Crippen LogP contribution < -0.4 is 0 Å². The Hall–Kier alpha value is 0.0800. The minimum Gasteiger partial charge on any atom is -0.284 e. The molecule has 122 valence electrons. The monoisotopic (exact) mass is 314 g/mol. The number of hydrogen-bond donors (Lipinski definition) is 0. The smallest absolute Gasteiger partial charge is 0.284 e. The normalized spacial score (nSPS) is 17.6. The van der Waals surface area contributed by atoms with Gasteiger partial charge in [-0.05, 0) is 20.3 Å². The molecule has 0 aromatic carbocycles. The van der Waals surface area contributed by atoms with Crippen molar-refractivity contribution in [1.29, 1.82) is 0 Å². The van der Waals surface area contributed by atoms with Crippen LogP contribution in [-0.4, -0.2) is 12.7 Å². The van der Waals surface area contributed by atoms with Gasteiger partial charge in [-0.2, -0.15) is 0 Å². The van der Waals surface area contributed by atoms with Gasteiger partial charge in [0.1, 0.15) is 0 Å². The molecule has 0 aliphatic heterocycles. The Morgan fingerprint density at radius 1 is 1.05 bits per heavy atom. The molecule has 0 radical (unpaired) electrons. The molecule has 3 nitrogen and oxygen atoms in total. The molecule has 0 N–H and O–H groups in total. The molecule has 0 saturated heterocycles. The lowest BCUT2D eigenvalue weighted by Crippen LogP contribution is -2.01. The standard InChI is InChI=1S/C15H32FO3P/c1-4-5-6-7-8-9-10-11-12-13-14-18-20(16,17)19-15(2)3/h15H,4-14H2,1-3H3/i1T,4T. The van der Waals surface area contributed by atoms with E-state index in [1.54, 1.807) is 13.8 Å². The second-order valence-corrected chi connectivity index (χ2v) is 6.65. The van der Waals surface area contributed by atoms with E-state index < -0.39 is 14.0 Å². The van der Waals surface area contributed by atoms with E-state index in [1.807, 2.05) is 0 Å². The molecule has 0 amide bonds. The van der Waals surface area contributed by atoms with Crippen molar-refractivity contribution in [3.63, 3.8) is 0 Å². The lowest BCUT2D eigenvalue weighted by Gasteiger charge is -2.12. The van der Waals surface area contributed by atoms with Crippen LogP contribution in [0.2, 0.25) is 0 Å². The van der Waals surface area contributed by atoms with Gasteiger partial charge in [0, 0.05) is 2.74 Å². The second-order valence-electron chi connectivity index (χ2n) is 5.32. The molecule has 0 aliphatic carbocycles. The van der Waals surface area contributed by atoms with E-state index in [4.69, 9.17) is 2.74 Å². The van der Waals surface area contributed by atoms with Crippen LogP contribution >= 0.6 is 7.91 Å². The topological polar surface area (TPSA) is 35.5 Å². The third-order valence-electron chi connectivity index (χ3n) is 2.88. The van der Waals surface area contributed by atoms with Crippen molar-refractivity contribution in [1.82, 2.24) is 0 Å². The van der Waals surface area contributed by atoms with Gasteiger partial charge in [-0.1, -0.05) is 64.7 Å². The van der Waals surface area contributed by atoms with Gasteiger partial charge in [0.15, 0.2) is 0 Å². The van der Waals surface area contributed by atoms with E-state index in [0.29, 0.717) is 6.42 Å². The van der Waals surface area contributed by atoms with Crippen LogP contribution in [0.15, 0.2) is 0 Å². The molecule has 0 aromatic rings. The Morgan fingerprint density at radius 3 is 2.05 bits per heavy atom. The summed E-state index contributed by atoms with van der Waals surface area (Å²) < 4.78 is 48.2. The number of halogens is 1. The summed E-state index contributed by atoms with van der Waals surface area (Å²) >= 11 is 0. The van der Waals surface area contributed by atoms with Crippen LogP contribution in [0.4, 0.5) is 4.20 Å². The highest BCUT2D eigenvalue weighted by Gasteiger charge is 2.24. The molecule has 0 aromatic heterocycles. The molecule has 0 aliphatic rings.